The van der Waals surface area contributed by atoms with Crippen molar-refractivity contribution in [2.24, 2.45) is 0 Å². The Hall–Kier alpha value is -0.830. The number of thioether (sulfide) groups is 1. The first kappa shape index (κ1) is 15.6. The van der Waals surface area contributed by atoms with Gasteiger partial charge < -0.3 is 4.74 Å². The third kappa shape index (κ3) is 4.62. The Kier molecular flexibility index (Phi) is 4.90. The summed E-state index contributed by atoms with van der Waals surface area (Å²) in [7, 11) is 0. The fourth-order valence-electron chi connectivity index (χ4n) is 1.61. The van der Waals surface area contributed by atoms with Gasteiger partial charge in [-0.2, -0.15) is 0 Å². The van der Waals surface area contributed by atoms with Crippen LogP contribution in [0.1, 0.15) is 20.8 Å². The van der Waals surface area contributed by atoms with E-state index in [1.54, 1.807) is 18.2 Å². The van der Waals surface area contributed by atoms with E-state index in [9.17, 15) is 0 Å². The number of hydrogen-bond donors (Lipinski definition) is 0. The summed E-state index contributed by atoms with van der Waals surface area (Å²) in [5.41, 5.74) is 0. The molecule has 0 saturated carbocycles. The molecule has 0 aliphatic carbocycles. The Morgan fingerprint density at radius 2 is 1.45 bits per heavy atom. The molecule has 0 bridgehead atoms. The number of halogens is 2. The van der Waals surface area contributed by atoms with Crippen LogP contribution in [0.3, 0.4) is 0 Å². The highest BCUT2D eigenvalue weighted by atomic mass is 35.5. The van der Waals surface area contributed by atoms with Crippen LogP contribution in [0.25, 0.3) is 0 Å². The zero-order chi connectivity index (χ0) is 14.8. The Morgan fingerprint density at radius 1 is 0.850 bits per heavy atom. The molecule has 2 aromatic rings. The van der Waals surface area contributed by atoms with Crippen molar-refractivity contribution < 1.29 is 4.74 Å². The minimum absolute atomic E-state index is 0.200. The second kappa shape index (κ2) is 6.30. The summed E-state index contributed by atoms with van der Waals surface area (Å²) in [4.78, 5) is 1.22. The third-order valence-corrected chi connectivity index (χ3v) is 4.23. The Bertz CT molecular complexity index is 588. The largest absolute Gasteiger partial charge is 0.457 e. The lowest BCUT2D eigenvalue weighted by Crippen LogP contribution is -2.06. The predicted octanol–water partition coefficient (Wildman–Crippen LogP) is 6.68. The van der Waals surface area contributed by atoms with Crippen LogP contribution in [0.4, 0.5) is 0 Å². The van der Waals surface area contributed by atoms with E-state index in [1.165, 1.54) is 4.90 Å². The highest BCUT2D eigenvalue weighted by molar-refractivity contribution is 8.00. The summed E-state index contributed by atoms with van der Waals surface area (Å²) >= 11 is 13.7. The van der Waals surface area contributed by atoms with Crippen LogP contribution in [-0.2, 0) is 0 Å². The fourth-order valence-corrected chi connectivity index (χ4v) is 2.87. The Labute approximate surface area is 134 Å². The molecule has 4 heteroatoms. The normalized spacial score (nSPS) is 11.4. The standard InChI is InChI=1S/C16H16Cl2OS/c1-16(2,3)20-13-7-4-11(5-8-13)19-12-6-9-14(17)15(18)10-12/h4-10H,1-3H3. The SMILES string of the molecule is CC(C)(C)Sc1ccc(Oc2ccc(Cl)c(Cl)c2)cc1. The molecule has 0 unspecified atom stereocenters. The van der Waals surface area contributed by atoms with Crippen LogP contribution >= 0.6 is 35.0 Å². The van der Waals surface area contributed by atoms with Crippen molar-refractivity contribution in [3.05, 3.63) is 52.5 Å². The van der Waals surface area contributed by atoms with E-state index < -0.39 is 0 Å². The molecule has 2 aromatic carbocycles. The number of ether oxygens (including phenoxy) is 1. The van der Waals surface area contributed by atoms with E-state index in [-0.39, 0.29) is 4.75 Å². The molecule has 1 nitrogen and oxygen atoms in total. The molecule has 0 amide bonds. The molecular weight excluding hydrogens is 311 g/mol. The highest BCUT2D eigenvalue weighted by Crippen LogP contribution is 2.34. The Morgan fingerprint density at radius 3 is 2.00 bits per heavy atom. The minimum atomic E-state index is 0.200. The molecule has 0 aromatic heterocycles. The lowest BCUT2D eigenvalue weighted by molar-refractivity contribution is 0.482. The predicted molar refractivity (Wildman–Crippen MR) is 88.6 cm³/mol. The maximum absolute atomic E-state index is 5.96. The fraction of sp³-hybridized carbons (Fsp3) is 0.250. The molecule has 0 heterocycles. The van der Waals surface area contributed by atoms with E-state index in [4.69, 9.17) is 27.9 Å². The van der Waals surface area contributed by atoms with Gasteiger partial charge in [-0.1, -0.05) is 44.0 Å². The highest BCUT2D eigenvalue weighted by Gasteiger charge is 2.11. The van der Waals surface area contributed by atoms with Crippen LogP contribution in [0.15, 0.2) is 47.4 Å². The monoisotopic (exact) mass is 326 g/mol. The van der Waals surface area contributed by atoms with Crippen LogP contribution in [0, 0.1) is 0 Å². The van der Waals surface area contributed by atoms with Crippen molar-refractivity contribution in [3.63, 3.8) is 0 Å². The van der Waals surface area contributed by atoms with Gasteiger partial charge in [0.25, 0.3) is 0 Å². The lowest BCUT2D eigenvalue weighted by atomic mass is 10.3. The third-order valence-electron chi connectivity index (χ3n) is 2.37. The molecule has 0 N–H and O–H groups in total. The van der Waals surface area contributed by atoms with Crippen LogP contribution < -0.4 is 4.74 Å². The first-order chi connectivity index (χ1) is 9.33. The van der Waals surface area contributed by atoms with Crippen molar-refractivity contribution in [1.29, 1.82) is 0 Å². The van der Waals surface area contributed by atoms with Crippen LogP contribution in [0.5, 0.6) is 11.5 Å². The summed E-state index contributed by atoms with van der Waals surface area (Å²) in [6, 6.07) is 13.3. The first-order valence-electron chi connectivity index (χ1n) is 6.25. The summed E-state index contributed by atoms with van der Waals surface area (Å²) in [5, 5.41) is 1.01. The average molecular weight is 327 g/mol. The molecule has 2 rings (SSSR count). The maximum Gasteiger partial charge on any atom is 0.129 e. The lowest BCUT2D eigenvalue weighted by Gasteiger charge is -2.17. The van der Waals surface area contributed by atoms with Crippen molar-refractivity contribution >= 4 is 35.0 Å². The molecule has 0 spiro atoms. The van der Waals surface area contributed by atoms with Gasteiger partial charge in [0.2, 0.25) is 0 Å². The Balaban J connectivity index is 2.08. The number of benzene rings is 2. The molecule has 0 aliphatic rings. The van der Waals surface area contributed by atoms with Crippen LogP contribution in [0.2, 0.25) is 10.0 Å². The molecule has 106 valence electrons. The first-order valence-corrected chi connectivity index (χ1v) is 7.83. The molecular formula is C16H16Cl2OS. The van der Waals surface area contributed by atoms with Gasteiger partial charge in [-0.15, -0.1) is 11.8 Å². The van der Waals surface area contributed by atoms with Crippen LogP contribution in [-0.4, -0.2) is 4.75 Å². The molecule has 0 aliphatic heterocycles. The topological polar surface area (TPSA) is 9.23 Å². The second-order valence-corrected chi connectivity index (χ2v) is 8.08. The number of rotatable bonds is 3. The van der Waals surface area contributed by atoms with Gasteiger partial charge in [0.15, 0.2) is 0 Å². The van der Waals surface area contributed by atoms with Gasteiger partial charge >= 0.3 is 0 Å². The maximum atomic E-state index is 5.96. The molecule has 0 atom stereocenters. The smallest absolute Gasteiger partial charge is 0.129 e. The van der Waals surface area contributed by atoms with Crippen molar-refractivity contribution in [3.8, 4) is 11.5 Å². The molecule has 0 saturated heterocycles. The summed E-state index contributed by atoms with van der Waals surface area (Å²) in [6.07, 6.45) is 0. The van der Waals surface area contributed by atoms with Crippen molar-refractivity contribution in [2.75, 3.05) is 0 Å². The minimum Gasteiger partial charge on any atom is -0.457 e. The van der Waals surface area contributed by atoms with Gasteiger partial charge in [-0.3, -0.25) is 0 Å². The number of hydrogen-bond acceptors (Lipinski definition) is 2. The zero-order valence-corrected chi connectivity index (χ0v) is 13.9. The van der Waals surface area contributed by atoms with E-state index in [0.29, 0.717) is 15.8 Å². The summed E-state index contributed by atoms with van der Waals surface area (Å²) < 4.78 is 5.95. The van der Waals surface area contributed by atoms with Crippen molar-refractivity contribution in [1.82, 2.24) is 0 Å². The molecule has 0 radical (unpaired) electrons. The second-order valence-electron chi connectivity index (χ2n) is 5.36. The van der Waals surface area contributed by atoms with E-state index in [0.717, 1.165) is 5.75 Å². The van der Waals surface area contributed by atoms with Gasteiger partial charge in [-0.25, -0.2) is 0 Å². The zero-order valence-electron chi connectivity index (χ0n) is 11.6. The van der Waals surface area contributed by atoms with Gasteiger partial charge in [0.05, 0.1) is 10.0 Å². The van der Waals surface area contributed by atoms with Gasteiger partial charge in [-0.05, 0) is 36.4 Å². The average Bonchev–Trinajstić information content (AvgIpc) is 2.35. The summed E-state index contributed by atoms with van der Waals surface area (Å²) in [5.74, 6) is 1.46. The van der Waals surface area contributed by atoms with Gasteiger partial charge in [0.1, 0.15) is 11.5 Å². The van der Waals surface area contributed by atoms with E-state index in [1.807, 2.05) is 23.9 Å². The van der Waals surface area contributed by atoms with Crippen molar-refractivity contribution in [2.45, 2.75) is 30.4 Å². The quantitative estimate of drug-likeness (QED) is 0.582. The van der Waals surface area contributed by atoms with E-state index >= 15 is 0 Å². The van der Waals surface area contributed by atoms with E-state index in [2.05, 4.69) is 32.9 Å². The molecule has 20 heavy (non-hydrogen) atoms. The van der Waals surface area contributed by atoms with Gasteiger partial charge in [0, 0.05) is 15.7 Å². The molecule has 0 fully saturated rings. The summed E-state index contributed by atoms with van der Waals surface area (Å²) in [6.45, 7) is 6.58.